The van der Waals surface area contributed by atoms with E-state index in [0.29, 0.717) is 12.8 Å². The second-order valence-corrected chi connectivity index (χ2v) is 7.02. The highest BCUT2D eigenvalue weighted by molar-refractivity contribution is 5.96. The van der Waals surface area contributed by atoms with Crippen LogP contribution in [-0.4, -0.2) is 34.0 Å². The standard InChI is InChI=1S/C16H26N2O4/c1-6-11-7-8-12(13(20)21)16(9-11,17-10(2)19)14(22)18-15(3,4)5/h6,11-12H,1,7-9H2,2-5H3,(H,17,19)(H,18,22)(H,20,21)/t11-,12+,16-/m1/s1. The van der Waals surface area contributed by atoms with Gasteiger partial charge in [-0.25, -0.2) is 0 Å². The zero-order chi connectivity index (χ0) is 17.1. The van der Waals surface area contributed by atoms with Crippen LogP contribution in [0, 0.1) is 11.8 Å². The van der Waals surface area contributed by atoms with Gasteiger partial charge in [0.15, 0.2) is 0 Å². The van der Waals surface area contributed by atoms with Gasteiger partial charge in [-0.3, -0.25) is 14.4 Å². The van der Waals surface area contributed by atoms with E-state index in [2.05, 4.69) is 17.2 Å². The van der Waals surface area contributed by atoms with Crippen LogP contribution >= 0.6 is 0 Å². The summed E-state index contributed by atoms with van der Waals surface area (Å²) in [5.74, 6) is -2.89. The molecule has 3 atom stereocenters. The third-order valence-corrected chi connectivity index (χ3v) is 3.93. The molecular weight excluding hydrogens is 284 g/mol. The van der Waals surface area contributed by atoms with E-state index in [1.807, 2.05) is 20.8 Å². The molecule has 0 aromatic heterocycles. The fraction of sp³-hybridized carbons (Fsp3) is 0.688. The molecule has 1 fully saturated rings. The van der Waals surface area contributed by atoms with Gasteiger partial charge in [-0.15, -0.1) is 6.58 Å². The highest BCUT2D eigenvalue weighted by Crippen LogP contribution is 2.38. The molecule has 0 bridgehead atoms. The van der Waals surface area contributed by atoms with Crippen LogP contribution in [0.4, 0.5) is 0 Å². The van der Waals surface area contributed by atoms with E-state index in [1.54, 1.807) is 6.08 Å². The van der Waals surface area contributed by atoms with Gasteiger partial charge in [0.2, 0.25) is 11.8 Å². The number of rotatable bonds is 4. The molecular formula is C16H26N2O4. The SMILES string of the molecule is C=C[C@@H]1CC[C@@H](C(=O)O)[C@@](NC(C)=O)(C(=O)NC(C)(C)C)C1. The maximum absolute atomic E-state index is 12.8. The minimum atomic E-state index is -1.44. The number of carbonyl (C=O) groups excluding carboxylic acids is 2. The summed E-state index contributed by atoms with van der Waals surface area (Å²) in [6.07, 6.45) is 2.93. The average Bonchev–Trinajstić information content (AvgIpc) is 2.35. The predicted octanol–water partition coefficient (Wildman–Crippen LogP) is 1.46. The summed E-state index contributed by atoms with van der Waals surface area (Å²) in [5, 5.41) is 15.0. The molecule has 22 heavy (non-hydrogen) atoms. The lowest BCUT2D eigenvalue weighted by Crippen LogP contribution is -2.68. The van der Waals surface area contributed by atoms with Crippen molar-refractivity contribution in [3.8, 4) is 0 Å². The minimum absolute atomic E-state index is 0.00633. The first-order chi connectivity index (χ1) is 10.0. The molecule has 1 rings (SSSR count). The van der Waals surface area contributed by atoms with Gasteiger partial charge in [0.05, 0.1) is 5.92 Å². The maximum atomic E-state index is 12.8. The fourth-order valence-corrected chi connectivity index (χ4v) is 3.03. The summed E-state index contributed by atoms with van der Waals surface area (Å²) in [6.45, 7) is 10.5. The summed E-state index contributed by atoms with van der Waals surface area (Å²) < 4.78 is 0. The van der Waals surface area contributed by atoms with Crippen LogP contribution in [0.15, 0.2) is 12.7 Å². The summed E-state index contributed by atoms with van der Waals surface area (Å²) in [5.41, 5.74) is -1.96. The molecule has 1 aliphatic carbocycles. The van der Waals surface area contributed by atoms with E-state index in [9.17, 15) is 19.5 Å². The molecule has 6 heteroatoms. The molecule has 6 nitrogen and oxygen atoms in total. The van der Waals surface area contributed by atoms with Crippen molar-refractivity contribution in [2.45, 2.75) is 58.0 Å². The third-order valence-electron chi connectivity index (χ3n) is 3.93. The number of carboxylic acid groups (broad SMARTS) is 1. The van der Waals surface area contributed by atoms with E-state index >= 15 is 0 Å². The Morgan fingerprint density at radius 2 is 1.86 bits per heavy atom. The molecule has 0 heterocycles. The Bertz CT molecular complexity index is 481. The van der Waals surface area contributed by atoms with Crippen LogP contribution < -0.4 is 10.6 Å². The van der Waals surface area contributed by atoms with Crippen molar-refractivity contribution in [1.82, 2.24) is 10.6 Å². The van der Waals surface area contributed by atoms with Crippen molar-refractivity contribution in [2.75, 3.05) is 0 Å². The molecule has 0 saturated heterocycles. The zero-order valence-corrected chi connectivity index (χ0v) is 13.7. The number of aliphatic carboxylic acids is 1. The average molecular weight is 310 g/mol. The van der Waals surface area contributed by atoms with E-state index in [-0.39, 0.29) is 12.3 Å². The summed E-state index contributed by atoms with van der Waals surface area (Å²) >= 11 is 0. The van der Waals surface area contributed by atoms with Crippen molar-refractivity contribution in [2.24, 2.45) is 11.8 Å². The first-order valence-corrected chi connectivity index (χ1v) is 7.48. The van der Waals surface area contributed by atoms with Crippen molar-refractivity contribution in [3.63, 3.8) is 0 Å². The largest absolute Gasteiger partial charge is 0.481 e. The number of carboxylic acids is 1. The molecule has 3 N–H and O–H groups in total. The van der Waals surface area contributed by atoms with Gasteiger partial charge < -0.3 is 15.7 Å². The molecule has 124 valence electrons. The number of hydrogen-bond acceptors (Lipinski definition) is 3. The Morgan fingerprint density at radius 1 is 1.27 bits per heavy atom. The van der Waals surface area contributed by atoms with Crippen LogP contribution in [0.3, 0.4) is 0 Å². The summed E-state index contributed by atoms with van der Waals surface area (Å²) in [4.78, 5) is 36.1. The van der Waals surface area contributed by atoms with Gasteiger partial charge in [0, 0.05) is 12.5 Å². The van der Waals surface area contributed by atoms with Crippen LogP contribution in [0.5, 0.6) is 0 Å². The minimum Gasteiger partial charge on any atom is -0.481 e. The maximum Gasteiger partial charge on any atom is 0.309 e. The van der Waals surface area contributed by atoms with E-state index in [1.165, 1.54) is 6.92 Å². The zero-order valence-electron chi connectivity index (χ0n) is 13.7. The topological polar surface area (TPSA) is 95.5 Å². The van der Waals surface area contributed by atoms with Crippen molar-refractivity contribution in [3.05, 3.63) is 12.7 Å². The number of amides is 2. The lowest BCUT2D eigenvalue weighted by atomic mass is 9.67. The van der Waals surface area contributed by atoms with E-state index in [4.69, 9.17) is 0 Å². The quantitative estimate of drug-likeness (QED) is 0.685. The Morgan fingerprint density at radius 3 is 2.27 bits per heavy atom. The first-order valence-electron chi connectivity index (χ1n) is 7.48. The van der Waals surface area contributed by atoms with Gasteiger partial charge in [0.25, 0.3) is 0 Å². The second kappa shape index (κ2) is 6.50. The predicted molar refractivity (Wildman–Crippen MR) is 83.1 cm³/mol. The molecule has 0 spiro atoms. The number of hydrogen-bond donors (Lipinski definition) is 3. The number of allylic oxidation sites excluding steroid dienone is 1. The van der Waals surface area contributed by atoms with E-state index < -0.39 is 34.8 Å². The Labute approximate surface area is 131 Å². The molecule has 0 radical (unpaired) electrons. The monoisotopic (exact) mass is 310 g/mol. The van der Waals surface area contributed by atoms with Gasteiger partial charge in [-0.05, 0) is 46.0 Å². The molecule has 1 aliphatic rings. The van der Waals surface area contributed by atoms with Crippen LogP contribution in [-0.2, 0) is 14.4 Å². The number of nitrogens with one attached hydrogen (secondary N) is 2. The highest BCUT2D eigenvalue weighted by Gasteiger charge is 2.53. The van der Waals surface area contributed by atoms with E-state index in [0.717, 1.165) is 0 Å². The Balaban J connectivity index is 3.29. The summed E-state index contributed by atoms with van der Waals surface area (Å²) in [7, 11) is 0. The lowest BCUT2D eigenvalue weighted by molar-refractivity contribution is -0.154. The third kappa shape index (κ3) is 4.08. The molecule has 2 amide bonds. The molecule has 1 saturated carbocycles. The van der Waals surface area contributed by atoms with Gasteiger partial charge in [-0.2, -0.15) is 0 Å². The fourth-order valence-electron chi connectivity index (χ4n) is 3.03. The van der Waals surface area contributed by atoms with Gasteiger partial charge in [-0.1, -0.05) is 6.08 Å². The smallest absolute Gasteiger partial charge is 0.309 e. The van der Waals surface area contributed by atoms with Crippen LogP contribution in [0.2, 0.25) is 0 Å². The normalized spacial score (nSPS) is 28.5. The Kier molecular flexibility index (Phi) is 5.38. The summed E-state index contributed by atoms with van der Waals surface area (Å²) in [6, 6.07) is 0. The highest BCUT2D eigenvalue weighted by atomic mass is 16.4. The van der Waals surface area contributed by atoms with Gasteiger partial charge >= 0.3 is 5.97 Å². The van der Waals surface area contributed by atoms with Crippen LogP contribution in [0.25, 0.3) is 0 Å². The number of carbonyl (C=O) groups is 3. The van der Waals surface area contributed by atoms with Crippen molar-refractivity contribution in [1.29, 1.82) is 0 Å². The first kappa shape index (κ1) is 18.2. The van der Waals surface area contributed by atoms with Gasteiger partial charge in [0.1, 0.15) is 5.54 Å². The molecule has 0 aromatic carbocycles. The second-order valence-electron chi connectivity index (χ2n) is 7.02. The molecule has 0 unspecified atom stereocenters. The van der Waals surface area contributed by atoms with Crippen molar-refractivity contribution < 1.29 is 19.5 Å². The molecule has 0 aromatic rings. The molecule has 0 aliphatic heterocycles. The lowest BCUT2D eigenvalue weighted by Gasteiger charge is -2.44. The Hall–Kier alpha value is -1.85. The van der Waals surface area contributed by atoms with Crippen LogP contribution in [0.1, 0.15) is 47.0 Å². The van der Waals surface area contributed by atoms with Crippen molar-refractivity contribution >= 4 is 17.8 Å².